The second-order valence-corrected chi connectivity index (χ2v) is 5.93. The molecule has 1 atom stereocenters. The number of aldehydes is 1. The van der Waals surface area contributed by atoms with E-state index in [1.54, 1.807) is 12.1 Å². The van der Waals surface area contributed by atoms with Crippen LogP contribution in [0, 0.1) is 0 Å². The van der Waals surface area contributed by atoms with E-state index >= 15 is 0 Å². The molecule has 4 nitrogen and oxygen atoms in total. The lowest BCUT2D eigenvalue weighted by Gasteiger charge is -2.20. The average molecular weight is 299 g/mol. The molecular weight excluding hydrogens is 280 g/mol. The molecule has 0 aromatic heterocycles. The summed E-state index contributed by atoms with van der Waals surface area (Å²) in [5.74, 6) is 0.872. The van der Waals surface area contributed by atoms with Crippen molar-refractivity contribution in [2.24, 2.45) is 0 Å². The molecule has 1 aliphatic heterocycles. The van der Waals surface area contributed by atoms with Gasteiger partial charge in [-0.2, -0.15) is 0 Å². The van der Waals surface area contributed by atoms with Crippen LogP contribution in [0.1, 0.15) is 37.0 Å². The highest BCUT2D eigenvalue weighted by Gasteiger charge is 2.32. The summed E-state index contributed by atoms with van der Waals surface area (Å²) >= 11 is 5.93. The van der Waals surface area contributed by atoms with Crippen molar-refractivity contribution in [3.63, 3.8) is 0 Å². The molecule has 1 aromatic rings. The third kappa shape index (κ3) is 3.44. The van der Waals surface area contributed by atoms with E-state index in [1.165, 1.54) is 7.11 Å². The van der Waals surface area contributed by atoms with Gasteiger partial charge in [0.1, 0.15) is 6.61 Å². The lowest BCUT2D eigenvalue weighted by Crippen LogP contribution is -2.24. The molecule has 0 bridgehead atoms. The lowest BCUT2D eigenvalue weighted by atomic mass is 10.1. The minimum atomic E-state index is -0.106. The molecule has 1 saturated heterocycles. The predicted octanol–water partition coefficient (Wildman–Crippen LogP) is 3.50. The van der Waals surface area contributed by atoms with Crippen LogP contribution in [-0.2, 0) is 4.74 Å². The highest BCUT2D eigenvalue weighted by molar-refractivity contribution is 6.31. The van der Waals surface area contributed by atoms with Crippen LogP contribution < -0.4 is 9.47 Å². The maximum Gasteiger partial charge on any atom is 0.171 e. The van der Waals surface area contributed by atoms with Crippen LogP contribution in [0.4, 0.5) is 0 Å². The molecule has 1 fully saturated rings. The molecule has 2 rings (SSSR count). The molecule has 110 valence electrons. The Hall–Kier alpha value is -1.26. The number of ether oxygens (including phenoxy) is 3. The van der Waals surface area contributed by atoms with Crippen molar-refractivity contribution in [1.29, 1.82) is 0 Å². The SMILES string of the molecule is COc1cc(Cl)cc(C=O)c1OCC1CCC(C)(C)O1. The number of halogens is 1. The van der Waals surface area contributed by atoms with Crippen molar-refractivity contribution in [2.45, 2.75) is 38.4 Å². The van der Waals surface area contributed by atoms with Gasteiger partial charge in [-0.3, -0.25) is 4.79 Å². The first-order valence-electron chi connectivity index (χ1n) is 6.58. The first kappa shape index (κ1) is 15.1. The van der Waals surface area contributed by atoms with Gasteiger partial charge in [-0.25, -0.2) is 0 Å². The van der Waals surface area contributed by atoms with Gasteiger partial charge in [0.05, 0.1) is 24.4 Å². The smallest absolute Gasteiger partial charge is 0.171 e. The van der Waals surface area contributed by atoms with Crippen LogP contribution >= 0.6 is 11.6 Å². The van der Waals surface area contributed by atoms with Crippen LogP contribution in [0.3, 0.4) is 0 Å². The molecule has 0 spiro atoms. The van der Waals surface area contributed by atoms with Gasteiger partial charge in [-0.05, 0) is 32.8 Å². The summed E-state index contributed by atoms with van der Waals surface area (Å²) in [6.45, 7) is 4.52. The standard InChI is InChI=1S/C15H19ClO4/c1-15(2)5-4-12(20-15)9-19-14-10(8-17)6-11(16)7-13(14)18-3/h6-8,12H,4-5,9H2,1-3H3. The molecule has 0 amide bonds. The average Bonchev–Trinajstić information content (AvgIpc) is 2.75. The second-order valence-electron chi connectivity index (χ2n) is 5.49. The third-order valence-corrected chi connectivity index (χ3v) is 3.58. The number of hydrogen-bond acceptors (Lipinski definition) is 4. The largest absolute Gasteiger partial charge is 0.493 e. The topological polar surface area (TPSA) is 44.8 Å². The summed E-state index contributed by atoms with van der Waals surface area (Å²) < 4.78 is 16.8. The second kappa shape index (κ2) is 6.02. The molecule has 0 aliphatic carbocycles. The van der Waals surface area contributed by atoms with Crippen LogP contribution in [0.2, 0.25) is 5.02 Å². The first-order valence-corrected chi connectivity index (χ1v) is 6.96. The van der Waals surface area contributed by atoms with E-state index < -0.39 is 0 Å². The zero-order valence-electron chi connectivity index (χ0n) is 11.9. The van der Waals surface area contributed by atoms with Gasteiger partial charge < -0.3 is 14.2 Å². The lowest BCUT2D eigenvalue weighted by molar-refractivity contribution is -0.0329. The Morgan fingerprint density at radius 2 is 2.25 bits per heavy atom. The number of methoxy groups -OCH3 is 1. The van der Waals surface area contributed by atoms with Crippen LogP contribution in [0.15, 0.2) is 12.1 Å². The van der Waals surface area contributed by atoms with Gasteiger partial charge in [-0.15, -0.1) is 0 Å². The quantitative estimate of drug-likeness (QED) is 0.781. The fraction of sp³-hybridized carbons (Fsp3) is 0.533. The summed E-state index contributed by atoms with van der Waals surface area (Å²) in [6, 6.07) is 3.19. The molecule has 0 N–H and O–H groups in total. The highest BCUT2D eigenvalue weighted by atomic mass is 35.5. The van der Waals surface area contributed by atoms with E-state index in [9.17, 15) is 4.79 Å². The normalized spacial score (nSPS) is 20.7. The van der Waals surface area contributed by atoms with Gasteiger partial charge in [0.15, 0.2) is 17.8 Å². The first-order chi connectivity index (χ1) is 9.45. The van der Waals surface area contributed by atoms with Crippen LogP contribution in [0.25, 0.3) is 0 Å². The number of rotatable bonds is 5. The fourth-order valence-corrected chi connectivity index (χ4v) is 2.57. The Morgan fingerprint density at radius 1 is 1.50 bits per heavy atom. The maximum absolute atomic E-state index is 11.1. The predicted molar refractivity (Wildman–Crippen MR) is 77.1 cm³/mol. The monoisotopic (exact) mass is 298 g/mol. The summed E-state index contributed by atoms with van der Waals surface area (Å²) in [7, 11) is 1.52. The van der Waals surface area contributed by atoms with Crippen molar-refractivity contribution in [2.75, 3.05) is 13.7 Å². The molecular formula is C15H19ClO4. The summed E-state index contributed by atoms with van der Waals surface area (Å²) in [6.07, 6.45) is 2.69. The van der Waals surface area contributed by atoms with Crippen molar-refractivity contribution < 1.29 is 19.0 Å². The Kier molecular flexibility index (Phi) is 4.55. The molecule has 0 saturated carbocycles. The van der Waals surface area contributed by atoms with Crippen molar-refractivity contribution >= 4 is 17.9 Å². The Bertz CT molecular complexity index is 499. The van der Waals surface area contributed by atoms with Gasteiger partial charge >= 0.3 is 0 Å². The van der Waals surface area contributed by atoms with E-state index in [0.29, 0.717) is 35.0 Å². The minimum absolute atomic E-state index is 0.0323. The van der Waals surface area contributed by atoms with E-state index in [2.05, 4.69) is 13.8 Å². The maximum atomic E-state index is 11.1. The highest BCUT2D eigenvalue weighted by Crippen LogP contribution is 2.35. The van der Waals surface area contributed by atoms with E-state index in [0.717, 1.165) is 12.8 Å². The summed E-state index contributed by atoms with van der Waals surface area (Å²) in [4.78, 5) is 11.1. The Balaban J connectivity index is 2.11. The van der Waals surface area contributed by atoms with E-state index in [1.807, 2.05) is 0 Å². The summed E-state index contributed by atoms with van der Waals surface area (Å²) in [5.41, 5.74) is 0.276. The van der Waals surface area contributed by atoms with Gasteiger partial charge in [0.2, 0.25) is 0 Å². The fourth-order valence-electron chi connectivity index (χ4n) is 2.35. The van der Waals surface area contributed by atoms with Crippen molar-refractivity contribution in [3.8, 4) is 11.5 Å². The number of hydrogen-bond donors (Lipinski definition) is 0. The van der Waals surface area contributed by atoms with Crippen LogP contribution in [0.5, 0.6) is 11.5 Å². The summed E-state index contributed by atoms with van der Waals surface area (Å²) in [5, 5.41) is 0.439. The number of carbonyl (C=O) groups is 1. The number of benzene rings is 1. The number of carbonyl (C=O) groups excluding carboxylic acids is 1. The zero-order valence-corrected chi connectivity index (χ0v) is 12.7. The Morgan fingerprint density at radius 3 is 2.80 bits per heavy atom. The van der Waals surface area contributed by atoms with E-state index in [-0.39, 0.29) is 11.7 Å². The Labute approximate surface area is 124 Å². The van der Waals surface area contributed by atoms with Gasteiger partial charge in [0.25, 0.3) is 0 Å². The molecule has 20 heavy (non-hydrogen) atoms. The van der Waals surface area contributed by atoms with Gasteiger partial charge in [-0.1, -0.05) is 11.6 Å². The van der Waals surface area contributed by atoms with E-state index in [4.69, 9.17) is 25.8 Å². The molecule has 5 heteroatoms. The molecule has 1 heterocycles. The molecule has 1 aromatic carbocycles. The molecule has 1 unspecified atom stereocenters. The van der Waals surface area contributed by atoms with Crippen molar-refractivity contribution in [1.82, 2.24) is 0 Å². The molecule has 0 radical (unpaired) electrons. The minimum Gasteiger partial charge on any atom is -0.493 e. The van der Waals surface area contributed by atoms with Gasteiger partial charge in [0, 0.05) is 11.1 Å². The third-order valence-electron chi connectivity index (χ3n) is 3.36. The molecule has 1 aliphatic rings. The van der Waals surface area contributed by atoms with Crippen molar-refractivity contribution in [3.05, 3.63) is 22.7 Å². The zero-order chi connectivity index (χ0) is 14.8. The van der Waals surface area contributed by atoms with Crippen LogP contribution in [-0.4, -0.2) is 31.7 Å².